The van der Waals surface area contributed by atoms with Crippen LogP contribution in [0, 0.1) is 11.7 Å². The van der Waals surface area contributed by atoms with Crippen LogP contribution in [0.25, 0.3) is 11.2 Å². The second-order valence-corrected chi connectivity index (χ2v) is 5.47. The molecule has 0 radical (unpaired) electrons. The van der Waals surface area contributed by atoms with Crippen molar-refractivity contribution in [3.05, 3.63) is 22.6 Å². The molecule has 0 bridgehead atoms. The topological polar surface area (TPSA) is 33.6 Å². The van der Waals surface area contributed by atoms with Crippen molar-refractivity contribution >= 4 is 23.4 Å². The van der Waals surface area contributed by atoms with Gasteiger partial charge in [0.15, 0.2) is 10.4 Å². The molecule has 0 saturated heterocycles. The van der Waals surface area contributed by atoms with Crippen LogP contribution in [0.3, 0.4) is 0 Å². The molecule has 4 heteroatoms. The average Bonchev–Trinajstić information content (AvgIpc) is 2.55. The lowest BCUT2D eigenvalue weighted by molar-refractivity contribution is 0.139. The van der Waals surface area contributed by atoms with Gasteiger partial charge in [-0.1, -0.05) is 6.92 Å². The van der Waals surface area contributed by atoms with E-state index in [-0.39, 0.29) is 5.54 Å². The Bertz CT molecular complexity index is 614. The van der Waals surface area contributed by atoms with Gasteiger partial charge in [-0.25, -0.2) is 4.98 Å². The van der Waals surface area contributed by atoms with Gasteiger partial charge in [0.2, 0.25) is 0 Å². The SMILES string of the molecule is CCC1(n2c(=S)[nH]c3cc(C)cnc32)CCC1. The van der Waals surface area contributed by atoms with Crippen LogP contribution < -0.4 is 0 Å². The summed E-state index contributed by atoms with van der Waals surface area (Å²) in [4.78, 5) is 7.85. The highest BCUT2D eigenvalue weighted by Gasteiger charge is 2.38. The van der Waals surface area contributed by atoms with Crippen LogP contribution in [-0.4, -0.2) is 14.5 Å². The Labute approximate surface area is 106 Å². The first-order valence-electron chi connectivity index (χ1n) is 6.24. The van der Waals surface area contributed by atoms with Crippen molar-refractivity contribution in [2.24, 2.45) is 0 Å². The van der Waals surface area contributed by atoms with Gasteiger partial charge < -0.3 is 4.98 Å². The quantitative estimate of drug-likeness (QED) is 0.821. The Hall–Kier alpha value is -1.16. The van der Waals surface area contributed by atoms with Crippen molar-refractivity contribution in [2.45, 2.75) is 45.1 Å². The highest BCUT2D eigenvalue weighted by molar-refractivity contribution is 7.71. The van der Waals surface area contributed by atoms with Crippen molar-refractivity contribution in [1.82, 2.24) is 14.5 Å². The first kappa shape index (κ1) is 11.0. The number of pyridine rings is 1. The van der Waals surface area contributed by atoms with Crippen molar-refractivity contribution in [3.63, 3.8) is 0 Å². The monoisotopic (exact) mass is 247 g/mol. The summed E-state index contributed by atoms with van der Waals surface area (Å²) in [5.41, 5.74) is 3.47. The van der Waals surface area contributed by atoms with E-state index >= 15 is 0 Å². The molecule has 17 heavy (non-hydrogen) atoms. The Morgan fingerprint density at radius 1 is 1.53 bits per heavy atom. The number of aromatic amines is 1. The van der Waals surface area contributed by atoms with Gasteiger partial charge in [-0.15, -0.1) is 0 Å². The van der Waals surface area contributed by atoms with E-state index in [1.165, 1.54) is 24.8 Å². The van der Waals surface area contributed by atoms with Crippen molar-refractivity contribution in [1.29, 1.82) is 0 Å². The molecule has 1 aliphatic carbocycles. The van der Waals surface area contributed by atoms with E-state index in [2.05, 4.69) is 34.4 Å². The molecule has 0 aromatic carbocycles. The summed E-state index contributed by atoms with van der Waals surface area (Å²) in [6.07, 6.45) is 6.79. The minimum absolute atomic E-state index is 0.220. The fourth-order valence-corrected chi connectivity index (χ4v) is 3.25. The predicted molar refractivity (Wildman–Crippen MR) is 71.8 cm³/mol. The lowest BCUT2D eigenvalue weighted by Gasteiger charge is -2.42. The van der Waals surface area contributed by atoms with Crippen molar-refractivity contribution in [2.75, 3.05) is 0 Å². The third kappa shape index (κ3) is 1.47. The van der Waals surface area contributed by atoms with Crippen LogP contribution in [0.2, 0.25) is 0 Å². The van der Waals surface area contributed by atoms with E-state index in [9.17, 15) is 0 Å². The van der Waals surface area contributed by atoms with Gasteiger partial charge in [0.25, 0.3) is 0 Å². The lowest BCUT2D eigenvalue weighted by Crippen LogP contribution is -2.40. The number of H-pyrrole nitrogens is 1. The highest BCUT2D eigenvalue weighted by Crippen LogP contribution is 2.43. The zero-order chi connectivity index (χ0) is 12.0. The maximum absolute atomic E-state index is 5.48. The lowest BCUT2D eigenvalue weighted by atomic mass is 9.74. The Balaban J connectivity index is 2.29. The van der Waals surface area contributed by atoms with Gasteiger partial charge in [-0.05, 0) is 56.5 Å². The van der Waals surface area contributed by atoms with Crippen molar-refractivity contribution < 1.29 is 0 Å². The van der Waals surface area contributed by atoms with Crippen LogP contribution in [0.1, 0.15) is 38.2 Å². The summed E-state index contributed by atoms with van der Waals surface area (Å²) in [5.74, 6) is 0. The summed E-state index contributed by atoms with van der Waals surface area (Å²) >= 11 is 5.48. The molecule has 2 aromatic heterocycles. The molecule has 3 rings (SSSR count). The van der Waals surface area contributed by atoms with Crippen molar-refractivity contribution in [3.8, 4) is 0 Å². The largest absolute Gasteiger partial charge is 0.329 e. The molecule has 0 aliphatic heterocycles. The summed E-state index contributed by atoms with van der Waals surface area (Å²) in [7, 11) is 0. The molecule has 3 nitrogen and oxygen atoms in total. The van der Waals surface area contributed by atoms with E-state index in [0.29, 0.717) is 0 Å². The van der Waals surface area contributed by atoms with Crippen LogP contribution in [0.15, 0.2) is 12.3 Å². The Kier molecular flexibility index (Phi) is 2.36. The molecule has 1 fully saturated rings. The predicted octanol–water partition coefficient (Wildman–Crippen LogP) is 3.69. The van der Waals surface area contributed by atoms with E-state index in [4.69, 9.17) is 12.2 Å². The van der Waals surface area contributed by atoms with E-state index in [1.807, 2.05) is 6.20 Å². The number of nitrogens with zero attached hydrogens (tertiary/aromatic N) is 2. The van der Waals surface area contributed by atoms with Crippen LogP contribution in [0.5, 0.6) is 0 Å². The number of aryl methyl sites for hydroxylation is 1. The number of hydrogen-bond donors (Lipinski definition) is 1. The number of imidazole rings is 1. The normalized spacial score (nSPS) is 18.2. The molecule has 0 spiro atoms. The first-order valence-corrected chi connectivity index (χ1v) is 6.65. The molecule has 1 saturated carbocycles. The van der Waals surface area contributed by atoms with Gasteiger partial charge in [0.1, 0.15) is 0 Å². The highest BCUT2D eigenvalue weighted by atomic mass is 32.1. The van der Waals surface area contributed by atoms with Crippen LogP contribution in [-0.2, 0) is 5.54 Å². The maximum atomic E-state index is 5.48. The van der Waals surface area contributed by atoms with Crippen LogP contribution >= 0.6 is 12.2 Å². The zero-order valence-corrected chi connectivity index (χ0v) is 11.1. The van der Waals surface area contributed by atoms with Gasteiger partial charge in [0.05, 0.1) is 5.52 Å². The Morgan fingerprint density at radius 2 is 2.29 bits per heavy atom. The Morgan fingerprint density at radius 3 is 2.88 bits per heavy atom. The maximum Gasteiger partial charge on any atom is 0.179 e. The molecule has 1 aliphatic rings. The fraction of sp³-hybridized carbons (Fsp3) is 0.538. The van der Waals surface area contributed by atoms with Gasteiger partial charge in [-0.2, -0.15) is 0 Å². The van der Waals surface area contributed by atoms with Gasteiger partial charge in [-0.3, -0.25) is 4.57 Å². The molecule has 1 N–H and O–H groups in total. The third-order valence-electron chi connectivity index (χ3n) is 4.08. The first-order chi connectivity index (χ1) is 8.16. The molecule has 2 heterocycles. The number of rotatable bonds is 2. The minimum Gasteiger partial charge on any atom is -0.329 e. The third-order valence-corrected chi connectivity index (χ3v) is 4.36. The standard InChI is InChI=1S/C13H17N3S/c1-3-13(5-4-6-13)16-11-10(15-12(16)17)7-9(2)8-14-11/h7-8H,3-6H2,1-2H3,(H,15,17). The molecular weight excluding hydrogens is 230 g/mol. The second-order valence-electron chi connectivity index (χ2n) is 5.08. The van der Waals surface area contributed by atoms with E-state index < -0.39 is 0 Å². The second kappa shape index (κ2) is 3.67. The van der Waals surface area contributed by atoms with Crippen LogP contribution in [0.4, 0.5) is 0 Å². The van der Waals surface area contributed by atoms with E-state index in [0.717, 1.165) is 22.4 Å². The molecule has 0 amide bonds. The molecule has 0 atom stereocenters. The molecule has 0 unspecified atom stereocenters. The minimum atomic E-state index is 0.220. The fourth-order valence-electron chi connectivity index (χ4n) is 2.86. The number of fused-ring (bicyclic) bond motifs is 1. The summed E-state index contributed by atoms with van der Waals surface area (Å²) in [6.45, 7) is 4.30. The number of aromatic nitrogens is 3. The summed E-state index contributed by atoms with van der Waals surface area (Å²) in [5, 5.41) is 0. The summed E-state index contributed by atoms with van der Waals surface area (Å²) < 4.78 is 3.07. The van der Waals surface area contributed by atoms with Gasteiger partial charge in [0, 0.05) is 11.7 Å². The molecule has 90 valence electrons. The smallest absolute Gasteiger partial charge is 0.179 e. The van der Waals surface area contributed by atoms with E-state index in [1.54, 1.807) is 0 Å². The number of nitrogens with one attached hydrogen (secondary N) is 1. The number of hydrogen-bond acceptors (Lipinski definition) is 2. The average molecular weight is 247 g/mol. The zero-order valence-electron chi connectivity index (χ0n) is 10.3. The summed E-state index contributed by atoms with van der Waals surface area (Å²) in [6, 6.07) is 2.12. The molecular formula is C13H17N3S. The van der Waals surface area contributed by atoms with Gasteiger partial charge >= 0.3 is 0 Å². The molecule has 2 aromatic rings.